The summed E-state index contributed by atoms with van der Waals surface area (Å²) in [5, 5.41) is 0. The Labute approximate surface area is 134 Å². The van der Waals surface area contributed by atoms with Gasteiger partial charge in [-0.1, -0.05) is 13.2 Å². The zero-order valence-electron chi connectivity index (χ0n) is 13.3. The molecule has 0 N–H and O–H groups in total. The molecule has 0 spiro atoms. The van der Waals surface area contributed by atoms with E-state index in [4.69, 9.17) is 9.47 Å². The summed E-state index contributed by atoms with van der Waals surface area (Å²) in [6.45, 7) is 10.3. The highest BCUT2D eigenvalue weighted by Gasteiger charge is 2.16. The number of allylic oxidation sites excluding steroid dienone is 2. The van der Waals surface area contributed by atoms with Crippen LogP contribution in [0.2, 0.25) is 0 Å². The Kier molecular flexibility index (Phi) is 7.91. The Hall–Kier alpha value is -0.250. The molecule has 0 aromatic carbocycles. The van der Waals surface area contributed by atoms with E-state index in [2.05, 4.69) is 13.2 Å². The van der Waals surface area contributed by atoms with Crippen molar-refractivity contribution in [1.29, 1.82) is 0 Å². The zero-order valence-corrected chi connectivity index (χ0v) is 14.1. The van der Waals surface area contributed by atoms with E-state index in [0.717, 1.165) is 26.1 Å². The summed E-state index contributed by atoms with van der Waals surface area (Å²) in [5.74, 6) is 0. The molecule has 0 aliphatic carbocycles. The Morgan fingerprint density at radius 3 is 1.71 bits per heavy atom. The van der Waals surface area contributed by atoms with Gasteiger partial charge in [-0.2, -0.15) is 0 Å². The van der Waals surface area contributed by atoms with Gasteiger partial charge in [0.1, 0.15) is 0 Å². The van der Waals surface area contributed by atoms with E-state index >= 15 is 0 Å². The van der Waals surface area contributed by atoms with Crippen molar-refractivity contribution in [3.8, 4) is 0 Å². The number of thioether (sulfide) groups is 1. The van der Waals surface area contributed by atoms with Crippen molar-refractivity contribution in [1.82, 2.24) is 0 Å². The summed E-state index contributed by atoms with van der Waals surface area (Å²) < 4.78 is 11.3. The smallest absolute Gasteiger partial charge is 0.0576 e. The van der Waals surface area contributed by atoms with Crippen LogP contribution in [0.1, 0.15) is 64.2 Å². The van der Waals surface area contributed by atoms with Crippen molar-refractivity contribution in [3.63, 3.8) is 0 Å². The Morgan fingerprint density at radius 2 is 1.33 bits per heavy atom. The van der Waals surface area contributed by atoms with E-state index < -0.39 is 0 Å². The van der Waals surface area contributed by atoms with Crippen molar-refractivity contribution in [2.75, 3.05) is 13.2 Å². The molecule has 2 saturated heterocycles. The zero-order chi connectivity index (χ0) is 14.9. The van der Waals surface area contributed by atoms with Crippen LogP contribution in [0.3, 0.4) is 0 Å². The molecule has 2 aliphatic rings. The molecular formula is C18H30O2S. The quantitative estimate of drug-likeness (QED) is 0.535. The van der Waals surface area contributed by atoms with Crippen LogP contribution in [0.4, 0.5) is 0 Å². The summed E-state index contributed by atoms with van der Waals surface area (Å²) >= 11 is 1.79. The van der Waals surface area contributed by atoms with Crippen LogP contribution in [-0.2, 0) is 9.47 Å². The second kappa shape index (κ2) is 9.70. The first-order valence-electron chi connectivity index (χ1n) is 8.50. The first kappa shape index (κ1) is 17.1. The highest BCUT2D eigenvalue weighted by atomic mass is 32.2. The maximum atomic E-state index is 5.65. The average molecular weight is 311 g/mol. The monoisotopic (exact) mass is 310 g/mol. The number of rotatable bonds is 10. The fraction of sp³-hybridized carbons (Fsp3) is 0.778. The van der Waals surface area contributed by atoms with Gasteiger partial charge in [0.25, 0.3) is 0 Å². The van der Waals surface area contributed by atoms with Gasteiger partial charge < -0.3 is 9.47 Å². The minimum absolute atomic E-state index is 0.511. The highest BCUT2D eigenvalue weighted by Crippen LogP contribution is 2.31. The van der Waals surface area contributed by atoms with E-state index in [0.29, 0.717) is 12.2 Å². The topological polar surface area (TPSA) is 18.5 Å². The van der Waals surface area contributed by atoms with E-state index in [1.807, 2.05) is 0 Å². The third-order valence-electron chi connectivity index (χ3n) is 4.30. The molecule has 21 heavy (non-hydrogen) atoms. The normalized spacial score (nSPS) is 25.3. The molecule has 0 bridgehead atoms. The highest BCUT2D eigenvalue weighted by molar-refractivity contribution is 8.06. The number of ether oxygens (including phenoxy) is 2. The summed E-state index contributed by atoms with van der Waals surface area (Å²) in [5.41, 5.74) is 0. The molecule has 2 nitrogen and oxygen atoms in total. The summed E-state index contributed by atoms with van der Waals surface area (Å²) in [6, 6.07) is 0. The molecule has 2 heterocycles. The summed E-state index contributed by atoms with van der Waals surface area (Å²) in [4.78, 5) is 2.52. The second-order valence-corrected chi connectivity index (χ2v) is 7.59. The predicted molar refractivity (Wildman–Crippen MR) is 91.5 cm³/mol. The van der Waals surface area contributed by atoms with Gasteiger partial charge in [0.05, 0.1) is 12.2 Å². The standard InChI is InChI=1S/C18H30O2S/c1-15(7-3-9-17-11-5-13-19-17)21-16(2)8-4-10-18-12-6-14-20-18/h17-18H,1-14H2. The third-order valence-corrected chi connectivity index (χ3v) is 5.29. The molecule has 2 rings (SSSR count). The van der Waals surface area contributed by atoms with Crippen molar-refractivity contribution in [3.05, 3.63) is 23.0 Å². The van der Waals surface area contributed by atoms with Crippen LogP contribution >= 0.6 is 11.8 Å². The molecule has 0 saturated carbocycles. The lowest BCUT2D eigenvalue weighted by molar-refractivity contribution is 0.102. The molecule has 2 atom stereocenters. The van der Waals surface area contributed by atoms with E-state index in [-0.39, 0.29) is 0 Å². The van der Waals surface area contributed by atoms with Gasteiger partial charge in [-0.05, 0) is 74.0 Å². The van der Waals surface area contributed by atoms with Gasteiger partial charge in [0.15, 0.2) is 0 Å². The van der Waals surface area contributed by atoms with Crippen LogP contribution < -0.4 is 0 Å². The predicted octanol–water partition coefficient (Wildman–Crippen LogP) is 5.45. The first-order chi connectivity index (χ1) is 10.2. The van der Waals surface area contributed by atoms with Crippen LogP contribution in [-0.4, -0.2) is 25.4 Å². The first-order valence-corrected chi connectivity index (χ1v) is 9.32. The summed E-state index contributed by atoms with van der Waals surface area (Å²) in [6.07, 6.45) is 12.9. The second-order valence-electron chi connectivity index (χ2n) is 6.23. The fourth-order valence-electron chi connectivity index (χ4n) is 3.10. The van der Waals surface area contributed by atoms with E-state index in [1.165, 1.54) is 61.2 Å². The maximum absolute atomic E-state index is 5.65. The minimum atomic E-state index is 0.511. The Morgan fingerprint density at radius 1 is 0.857 bits per heavy atom. The SMILES string of the molecule is C=C(CCCC1CCCO1)SC(=C)CCCC1CCCO1. The van der Waals surface area contributed by atoms with Crippen LogP contribution in [0.25, 0.3) is 0 Å². The third kappa shape index (κ3) is 7.03. The van der Waals surface area contributed by atoms with Crippen molar-refractivity contribution in [2.45, 2.75) is 76.4 Å². The van der Waals surface area contributed by atoms with E-state index in [1.54, 1.807) is 11.8 Å². The molecule has 0 aromatic rings. The molecule has 2 fully saturated rings. The van der Waals surface area contributed by atoms with Crippen LogP contribution in [0, 0.1) is 0 Å². The maximum Gasteiger partial charge on any atom is 0.0576 e. The Balaban J connectivity index is 1.47. The molecule has 3 heteroatoms. The molecule has 0 aromatic heterocycles. The van der Waals surface area contributed by atoms with Crippen LogP contribution in [0.5, 0.6) is 0 Å². The minimum Gasteiger partial charge on any atom is -0.378 e. The van der Waals surface area contributed by atoms with Crippen LogP contribution in [0.15, 0.2) is 23.0 Å². The van der Waals surface area contributed by atoms with E-state index in [9.17, 15) is 0 Å². The molecule has 0 amide bonds. The van der Waals surface area contributed by atoms with Gasteiger partial charge >= 0.3 is 0 Å². The van der Waals surface area contributed by atoms with Gasteiger partial charge in [-0.3, -0.25) is 0 Å². The van der Waals surface area contributed by atoms with Crippen molar-refractivity contribution >= 4 is 11.8 Å². The van der Waals surface area contributed by atoms with Gasteiger partial charge in [0, 0.05) is 13.2 Å². The molecule has 0 radical (unpaired) electrons. The molecule has 2 unspecified atom stereocenters. The van der Waals surface area contributed by atoms with Gasteiger partial charge in [-0.15, -0.1) is 11.8 Å². The summed E-state index contributed by atoms with van der Waals surface area (Å²) in [7, 11) is 0. The lowest BCUT2D eigenvalue weighted by atomic mass is 10.1. The Bertz CT molecular complexity index is 296. The van der Waals surface area contributed by atoms with Gasteiger partial charge in [-0.25, -0.2) is 0 Å². The number of hydrogen-bond donors (Lipinski definition) is 0. The van der Waals surface area contributed by atoms with Crippen molar-refractivity contribution < 1.29 is 9.47 Å². The fourth-order valence-corrected chi connectivity index (χ4v) is 4.01. The number of hydrogen-bond acceptors (Lipinski definition) is 3. The molecule has 120 valence electrons. The average Bonchev–Trinajstić information content (AvgIpc) is 3.11. The lowest BCUT2D eigenvalue weighted by Crippen LogP contribution is -2.04. The lowest BCUT2D eigenvalue weighted by Gasteiger charge is -2.12. The van der Waals surface area contributed by atoms with Gasteiger partial charge in [0.2, 0.25) is 0 Å². The van der Waals surface area contributed by atoms with Crippen molar-refractivity contribution in [2.24, 2.45) is 0 Å². The largest absolute Gasteiger partial charge is 0.378 e. The molecule has 2 aliphatic heterocycles. The molecular weight excluding hydrogens is 280 g/mol.